The Hall–Kier alpha value is -6.94. The SMILES string of the molecule is CC(=O)c1ccc(C[n+]2cccc3ccccc32)cc1.Fc1c(F)c(F)c([B-](c2c(F)c(F)c(F)c(F)c2F)(c2c(F)c(F)c(F)c(F)c2F)c2c(F)c(F)c(F)c(F)c2F)c(F)c1F. The molecule has 0 radical (unpaired) electrons. The molecule has 23 heteroatoms. The average Bonchev–Trinajstić information content (AvgIpc) is 3.29. The molecule has 0 atom stereocenters. The van der Waals surface area contributed by atoms with E-state index in [4.69, 9.17) is 0 Å². The second-order valence-electron chi connectivity index (χ2n) is 13.7. The van der Waals surface area contributed by atoms with Crippen molar-refractivity contribution in [2.45, 2.75) is 13.5 Å². The van der Waals surface area contributed by atoms with E-state index < -0.39 is 144 Å². The highest BCUT2D eigenvalue weighted by molar-refractivity contribution is 7.20. The number of nitrogens with zero attached hydrogens (tertiary/aromatic N) is 1. The van der Waals surface area contributed by atoms with Gasteiger partial charge in [-0.3, -0.25) is 4.79 Å². The van der Waals surface area contributed by atoms with Gasteiger partial charge in [0.25, 0.3) is 0 Å². The molecule has 0 saturated heterocycles. The largest absolute Gasteiger partial charge is 0.295 e. The number of benzene rings is 6. The number of fused-ring (bicyclic) bond motifs is 1. The van der Waals surface area contributed by atoms with Crippen LogP contribution in [0.3, 0.4) is 0 Å². The summed E-state index contributed by atoms with van der Waals surface area (Å²) in [5.74, 6) is -71.3. The first-order chi connectivity index (χ1) is 30.4. The maximum atomic E-state index is 15.4. The molecule has 0 N–H and O–H groups in total. The monoisotopic (exact) mass is 941 g/mol. The van der Waals surface area contributed by atoms with E-state index in [2.05, 4.69) is 41.1 Å². The third-order valence-corrected chi connectivity index (χ3v) is 10.2. The van der Waals surface area contributed by atoms with Crippen LogP contribution < -0.4 is 26.4 Å². The zero-order valence-electron chi connectivity index (χ0n) is 31.6. The number of carbonyl (C=O) groups excluding carboxylic acids is 1. The summed E-state index contributed by atoms with van der Waals surface area (Å²) >= 11 is 0. The Morgan fingerprint density at radius 2 is 0.662 bits per heavy atom. The molecule has 65 heavy (non-hydrogen) atoms. The fourth-order valence-corrected chi connectivity index (χ4v) is 7.27. The van der Waals surface area contributed by atoms with E-state index in [1.807, 2.05) is 30.3 Å². The van der Waals surface area contributed by atoms with Gasteiger partial charge in [0.15, 0.2) is 88.3 Å². The third kappa shape index (κ3) is 7.48. The number of para-hydroxylation sites is 1. The molecule has 0 aliphatic rings. The summed E-state index contributed by atoms with van der Waals surface area (Å²) in [6.45, 7) is 2.40. The predicted octanol–water partition coefficient (Wildman–Crippen LogP) is 9.22. The summed E-state index contributed by atoms with van der Waals surface area (Å²) in [6.07, 6.45) is -5.13. The van der Waals surface area contributed by atoms with Crippen molar-refractivity contribution in [2.75, 3.05) is 0 Å². The second kappa shape index (κ2) is 17.6. The van der Waals surface area contributed by atoms with Crippen molar-refractivity contribution in [1.29, 1.82) is 0 Å². The lowest BCUT2D eigenvalue weighted by atomic mass is 9.12. The van der Waals surface area contributed by atoms with Gasteiger partial charge in [-0.25, -0.2) is 87.8 Å². The van der Waals surface area contributed by atoms with Crippen LogP contribution in [0, 0.1) is 116 Å². The van der Waals surface area contributed by atoms with Crippen molar-refractivity contribution in [1.82, 2.24) is 0 Å². The van der Waals surface area contributed by atoms with Crippen molar-refractivity contribution in [3.8, 4) is 0 Å². The van der Waals surface area contributed by atoms with Gasteiger partial charge in [0, 0.05) is 28.6 Å². The zero-order valence-corrected chi connectivity index (χ0v) is 31.6. The normalized spacial score (nSPS) is 11.6. The Balaban J connectivity index is 0.000000289. The molecular formula is C42H16BF20NO. The summed E-state index contributed by atoms with van der Waals surface area (Å²) < 4.78 is 296. The number of pyridine rings is 1. The molecule has 0 saturated carbocycles. The van der Waals surface area contributed by atoms with E-state index in [9.17, 15) is 57.5 Å². The molecule has 2 nitrogen and oxygen atoms in total. The molecule has 338 valence electrons. The Bertz CT molecular complexity index is 2720. The minimum absolute atomic E-state index is 0.106. The summed E-state index contributed by atoms with van der Waals surface area (Å²) in [6, 6.07) is 20.3. The highest BCUT2D eigenvalue weighted by atomic mass is 19.2. The van der Waals surface area contributed by atoms with Crippen molar-refractivity contribution in [3.63, 3.8) is 0 Å². The number of hydrogen-bond donors (Lipinski definition) is 0. The minimum Gasteiger partial charge on any atom is -0.295 e. The van der Waals surface area contributed by atoms with Crippen molar-refractivity contribution in [2.24, 2.45) is 0 Å². The quantitative estimate of drug-likeness (QED) is 0.0390. The lowest BCUT2D eigenvalue weighted by Gasteiger charge is -2.44. The number of carbonyl (C=O) groups is 1. The molecular weight excluding hydrogens is 925 g/mol. The van der Waals surface area contributed by atoms with Gasteiger partial charge in [-0.15, -0.1) is 21.9 Å². The summed E-state index contributed by atoms with van der Waals surface area (Å²) in [4.78, 5) is 11.3. The van der Waals surface area contributed by atoms with Crippen LogP contribution in [0.4, 0.5) is 87.8 Å². The number of rotatable bonds is 7. The Morgan fingerprint density at radius 1 is 0.385 bits per heavy atom. The third-order valence-electron chi connectivity index (χ3n) is 10.2. The fraction of sp³-hybridized carbons (Fsp3) is 0.0476. The smallest absolute Gasteiger partial charge is 0.212 e. The van der Waals surface area contributed by atoms with Gasteiger partial charge in [0.05, 0.1) is 0 Å². The number of hydrogen-bond acceptors (Lipinski definition) is 1. The van der Waals surface area contributed by atoms with Crippen LogP contribution in [-0.2, 0) is 6.54 Å². The van der Waals surface area contributed by atoms with Crippen LogP contribution in [0.5, 0.6) is 0 Å². The number of halogens is 20. The Labute approximate surface area is 349 Å². The molecule has 7 rings (SSSR count). The van der Waals surface area contributed by atoms with Crippen LogP contribution in [0.2, 0.25) is 0 Å². The van der Waals surface area contributed by atoms with Crippen molar-refractivity contribution < 1.29 is 97.2 Å². The van der Waals surface area contributed by atoms with E-state index >= 15 is 35.1 Å². The topological polar surface area (TPSA) is 20.9 Å². The average molecular weight is 941 g/mol. The standard InChI is InChI=1S/C24BF20.C18H16NO/c26-5-1(6(27)14(35)21(42)13(5)34)25(2-7(28)15(36)22(43)16(37)8(2)29,3-9(30)17(38)23(44)18(39)10(3)31)4-11(32)19(40)24(45)20(41)12(4)33;1-14(20)16-10-8-15(9-11-16)13-19-12-4-6-17-5-2-3-7-18(17)19/h;2-12H,13H2,1H3/q-1;+1. The minimum atomic E-state index is -7.22. The first-order valence-corrected chi connectivity index (χ1v) is 17.6. The summed E-state index contributed by atoms with van der Waals surface area (Å²) in [5, 5.41) is 1.23. The van der Waals surface area contributed by atoms with Gasteiger partial charge in [-0.05, 0) is 19.1 Å². The molecule has 1 aromatic heterocycles. The van der Waals surface area contributed by atoms with Gasteiger partial charge in [-0.1, -0.05) is 36.4 Å². The molecule has 7 aromatic rings. The van der Waals surface area contributed by atoms with E-state index in [0.717, 1.165) is 12.1 Å². The van der Waals surface area contributed by atoms with Gasteiger partial charge in [0.1, 0.15) is 52.7 Å². The number of aromatic nitrogens is 1. The molecule has 0 amide bonds. The molecule has 6 aromatic carbocycles. The molecule has 1 heterocycles. The lowest BCUT2D eigenvalue weighted by molar-refractivity contribution is -0.662. The molecule has 0 aliphatic carbocycles. The van der Waals surface area contributed by atoms with Crippen LogP contribution in [0.15, 0.2) is 66.9 Å². The highest BCUT2D eigenvalue weighted by Crippen LogP contribution is 2.31. The second-order valence-corrected chi connectivity index (χ2v) is 13.7. The van der Waals surface area contributed by atoms with E-state index in [-0.39, 0.29) is 5.78 Å². The van der Waals surface area contributed by atoms with Crippen molar-refractivity contribution >= 4 is 44.7 Å². The summed E-state index contributed by atoms with van der Waals surface area (Å²) in [7, 11) is 0. The maximum absolute atomic E-state index is 15.4. The van der Waals surface area contributed by atoms with Crippen LogP contribution in [0.1, 0.15) is 22.8 Å². The van der Waals surface area contributed by atoms with Gasteiger partial charge >= 0.3 is 0 Å². The van der Waals surface area contributed by atoms with Gasteiger partial charge < -0.3 is 0 Å². The number of ketones is 1. The highest BCUT2D eigenvalue weighted by Gasteiger charge is 2.52. The van der Waals surface area contributed by atoms with Crippen molar-refractivity contribution in [3.05, 3.63) is 194 Å². The predicted molar refractivity (Wildman–Crippen MR) is 189 cm³/mol. The first-order valence-electron chi connectivity index (χ1n) is 17.6. The zero-order chi connectivity index (χ0) is 48.3. The number of Topliss-reactive ketones (excluding diaryl/α,β-unsaturated/α-hetero) is 1. The van der Waals surface area contributed by atoms with Gasteiger partial charge in [-0.2, -0.15) is 4.57 Å². The Kier molecular flexibility index (Phi) is 12.8. The van der Waals surface area contributed by atoms with E-state index in [1.54, 1.807) is 6.92 Å². The molecule has 0 bridgehead atoms. The fourth-order valence-electron chi connectivity index (χ4n) is 7.27. The Morgan fingerprint density at radius 3 is 0.969 bits per heavy atom. The van der Waals surface area contributed by atoms with Crippen LogP contribution in [0.25, 0.3) is 10.9 Å². The van der Waals surface area contributed by atoms with Crippen LogP contribution >= 0.6 is 0 Å². The van der Waals surface area contributed by atoms with Gasteiger partial charge in [0.2, 0.25) is 5.52 Å². The lowest BCUT2D eigenvalue weighted by Crippen LogP contribution is -2.81. The summed E-state index contributed by atoms with van der Waals surface area (Å²) in [5.41, 5.74) is -11.2. The maximum Gasteiger partial charge on any atom is 0.212 e. The van der Waals surface area contributed by atoms with Crippen LogP contribution in [-0.4, -0.2) is 11.9 Å². The van der Waals surface area contributed by atoms with E-state index in [1.165, 1.54) is 16.5 Å². The molecule has 0 spiro atoms. The molecule has 0 aliphatic heterocycles. The molecule has 0 fully saturated rings. The van der Waals surface area contributed by atoms with E-state index in [0.29, 0.717) is 0 Å². The molecule has 0 unspecified atom stereocenters. The first kappa shape index (κ1) is 47.5.